The minimum atomic E-state index is 0.0762. The number of thioether (sulfide) groups is 2. The Labute approximate surface area is 134 Å². The molecule has 0 aliphatic rings. The maximum Gasteiger partial charge on any atom is 0.228 e. The molecule has 0 atom stereocenters. The first kappa shape index (κ1) is 15.7. The molecule has 0 bridgehead atoms. The topological polar surface area (TPSA) is 59.0 Å². The van der Waals surface area contributed by atoms with E-state index in [1.807, 2.05) is 11.6 Å². The van der Waals surface area contributed by atoms with Crippen LogP contribution in [0.15, 0.2) is 14.1 Å². The Morgan fingerprint density at radius 3 is 2.75 bits per heavy atom. The van der Waals surface area contributed by atoms with Gasteiger partial charge in [-0.25, -0.2) is 4.98 Å². The summed E-state index contributed by atoms with van der Waals surface area (Å²) < 4.78 is 1.93. The van der Waals surface area contributed by atoms with Crippen LogP contribution < -0.4 is 0 Å². The molecule has 0 aromatic carbocycles. The fraction of sp³-hybridized carbons (Fsp3) is 0.455. The third kappa shape index (κ3) is 4.44. The normalized spacial score (nSPS) is 10.8. The highest BCUT2D eigenvalue weighted by atomic mass is 32.2. The lowest BCUT2D eigenvalue weighted by Gasteiger charge is -2.07. The van der Waals surface area contributed by atoms with Crippen LogP contribution >= 0.6 is 46.2 Å². The van der Waals surface area contributed by atoms with E-state index in [-0.39, 0.29) is 5.91 Å². The quantitative estimate of drug-likeness (QED) is 0.750. The number of aromatic nitrogens is 3. The van der Waals surface area contributed by atoms with Crippen LogP contribution in [0.25, 0.3) is 0 Å². The van der Waals surface area contributed by atoms with Gasteiger partial charge in [-0.2, -0.15) is 0 Å². The van der Waals surface area contributed by atoms with Crippen molar-refractivity contribution in [2.45, 2.75) is 20.9 Å². The van der Waals surface area contributed by atoms with Gasteiger partial charge in [-0.1, -0.05) is 34.9 Å². The van der Waals surface area contributed by atoms with E-state index in [0.717, 1.165) is 25.1 Å². The summed E-state index contributed by atoms with van der Waals surface area (Å²) in [6, 6.07) is 0. The van der Waals surface area contributed by atoms with Crippen LogP contribution in [0.5, 0.6) is 0 Å². The van der Waals surface area contributed by atoms with Crippen molar-refractivity contribution in [1.82, 2.24) is 20.1 Å². The molecule has 0 unspecified atom stereocenters. The Hall–Kier alpha value is -0.640. The summed E-state index contributed by atoms with van der Waals surface area (Å²) in [6.45, 7) is 0. The van der Waals surface area contributed by atoms with E-state index in [0.29, 0.717) is 6.42 Å². The number of nitrogens with zero attached hydrogens (tertiary/aromatic N) is 4. The molecule has 20 heavy (non-hydrogen) atoms. The minimum absolute atomic E-state index is 0.0762. The Kier molecular flexibility index (Phi) is 5.82. The number of hydrogen-bond acceptors (Lipinski definition) is 8. The van der Waals surface area contributed by atoms with Gasteiger partial charge in [0.1, 0.15) is 5.01 Å². The molecule has 0 radical (unpaired) electrons. The van der Waals surface area contributed by atoms with Gasteiger partial charge < -0.3 is 4.90 Å². The summed E-state index contributed by atoms with van der Waals surface area (Å²) in [5.74, 6) is 0.836. The monoisotopic (exact) mass is 346 g/mol. The van der Waals surface area contributed by atoms with Gasteiger partial charge in [0.2, 0.25) is 5.91 Å². The second kappa shape index (κ2) is 7.39. The van der Waals surface area contributed by atoms with Gasteiger partial charge >= 0.3 is 0 Å². The Bertz CT molecular complexity index is 580. The number of amides is 1. The zero-order valence-electron chi connectivity index (χ0n) is 11.3. The summed E-state index contributed by atoms with van der Waals surface area (Å²) in [5, 5.41) is 11.0. The highest BCUT2D eigenvalue weighted by molar-refractivity contribution is 8.02. The molecule has 5 nitrogen and oxygen atoms in total. The zero-order valence-corrected chi connectivity index (χ0v) is 14.6. The van der Waals surface area contributed by atoms with Gasteiger partial charge in [0, 0.05) is 25.2 Å². The van der Waals surface area contributed by atoms with Gasteiger partial charge in [-0.15, -0.1) is 21.5 Å². The van der Waals surface area contributed by atoms with Crippen molar-refractivity contribution in [2.75, 3.05) is 20.4 Å². The molecule has 0 fully saturated rings. The smallest absolute Gasteiger partial charge is 0.228 e. The van der Waals surface area contributed by atoms with Crippen molar-refractivity contribution in [2.24, 2.45) is 0 Å². The molecule has 108 valence electrons. The highest BCUT2D eigenvalue weighted by Crippen LogP contribution is 2.29. The maximum atomic E-state index is 11.6. The third-order valence-electron chi connectivity index (χ3n) is 2.31. The number of carbonyl (C=O) groups is 1. The van der Waals surface area contributed by atoms with Gasteiger partial charge in [-0.3, -0.25) is 4.79 Å². The van der Waals surface area contributed by atoms with Gasteiger partial charge in [-0.05, 0) is 6.26 Å². The van der Waals surface area contributed by atoms with Crippen LogP contribution in [0.4, 0.5) is 0 Å². The number of hydrogen-bond donors (Lipinski definition) is 0. The van der Waals surface area contributed by atoms with E-state index in [9.17, 15) is 4.79 Å². The first-order chi connectivity index (χ1) is 9.58. The lowest BCUT2D eigenvalue weighted by atomic mass is 10.4. The number of rotatable bonds is 6. The molecule has 2 aromatic rings. The third-order valence-corrected chi connectivity index (χ3v) is 6.27. The highest BCUT2D eigenvalue weighted by Gasteiger charge is 2.10. The first-order valence-electron chi connectivity index (χ1n) is 5.72. The molecular formula is C11H14N4OS4. The van der Waals surface area contributed by atoms with Crippen LogP contribution in [-0.4, -0.2) is 46.3 Å². The Morgan fingerprint density at radius 1 is 1.35 bits per heavy atom. The average Bonchev–Trinajstić information content (AvgIpc) is 3.04. The molecule has 1 amide bonds. The van der Waals surface area contributed by atoms with Crippen LogP contribution in [0.3, 0.4) is 0 Å². The average molecular weight is 347 g/mol. The molecule has 0 aliphatic carbocycles. The number of thiazole rings is 1. The summed E-state index contributed by atoms with van der Waals surface area (Å²) in [5.41, 5.74) is 0.988. The van der Waals surface area contributed by atoms with Crippen molar-refractivity contribution in [1.29, 1.82) is 0 Å². The molecule has 9 heteroatoms. The second-order valence-electron chi connectivity index (χ2n) is 4.02. The predicted molar refractivity (Wildman–Crippen MR) is 85.8 cm³/mol. The maximum absolute atomic E-state index is 11.6. The molecule has 0 aliphatic heterocycles. The van der Waals surface area contributed by atoms with E-state index in [1.165, 1.54) is 11.3 Å². The van der Waals surface area contributed by atoms with Crippen molar-refractivity contribution in [3.05, 3.63) is 16.1 Å². The number of carbonyl (C=O) groups excluding carboxylic acids is 1. The van der Waals surface area contributed by atoms with Crippen LogP contribution in [0.2, 0.25) is 0 Å². The molecule has 0 saturated heterocycles. The fourth-order valence-electron chi connectivity index (χ4n) is 1.26. The molecule has 0 spiro atoms. The van der Waals surface area contributed by atoms with E-state index in [4.69, 9.17) is 0 Å². The predicted octanol–water partition coefficient (Wildman–Crippen LogP) is 2.64. The second-order valence-corrected chi connectivity index (χ2v) is 8.22. The Balaban J connectivity index is 1.88. The van der Waals surface area contributed by atoms with Crippen molar-refractivity contribution >= 4 is 52.1 Å². The van der Waals surface area contributed by atoms with Crippen LogP contribution in [0.1, 0.15) is 10.7 Å². The summed E-state index contributed by atoms with van der Waals surface area (Å²) in [7, 11) is 3.51. The van der Waals surface area contributed by atoms with E-state index < -0.39 is 0 Å². The van der Waals surface area contributed by atoms with Crippen molar-refractivity contribution in [3.63, 3.8) is 0 Å². The van der Waals surface area contributed by atoms with E-state index >= 15 is 0 Å². The van der Waals surface area contributed by atoms with E-state index in [2.05, 4.69) is 15.2 Å². The van der Waals surface area contributed by atoms with Gasteiger partial charge in [0.15, 0.2) is 8.68 Å². The minimum Gasteiger partial charge on any atom is -0.348 e. The number of likely N-dealkylation sites (N-methyl/N-ethyl adjacent to an activating group) is 1. The summed E-state index contributed by atoms with van der Waals surface area (Å²) >= 11 is 6.35. The molecule has 2 aromatic heterocycles. The molecule has 2 heterocycles. The van der Waals surface area contributed by atoms with Crippen molar-refractivity contribution in [3.8, 4) is 0 Å². The SMILES string of the molecule is CSc1nnc(SCc2csc(CC(=O)N(C)C)n2)s1. The van der Waals surface area contributed by atoms with Crippen LogP contribution in [-0.2, 0) is 17.0 Å². The zero-order chi connectivity index (χ0) is 14.5. The summed E-state index contributed by atoms with van der Waals surface area (Å²) in [6.07, 6.45) is 2.36. The molecule has 0 N–H and O–H groups in total. The standard InChI is InChI=1S/C11H14N4OS4/c1-15(2)9(16)4-8-12-7(5-18-8)6-19-11-14-13-10(17-3)20-11/h5H,4,6H2,1-3H3. The molecule has 0 saturated carbocycles. The van der Waals surface area contributed by atoms with Gasteiger partial charge in [0.05, 0.1) is 12.1 Å². The van der Waals surface area contributed by atoms with Crippen molar-refractivity contribution < 1.29 is 4.79 Å². The van der Waals surface area contributed by atoms with Crippen LogP contribution in [0, 0.1) is 0 Å². The van der Waals surface area contributed by atoms with E-state index in [1.54, 1.807) is 53.9 Å². The Morgan fingerprint density at radius 2 is 2.10 bits per heavy atom. The lowest BCUT2D eigenvalue weighted by Crippen LogP contribution is -2.23. The molecule has 2 rings (SSSR count). The van der Waals surface area contributed by atoms with Gasteiger partial charge in [0.25, 0.3) is 0 Å². The summed E-state index contributed by atoms with van der Waals surface area (Å²) in [4.78, 5) is 17.7. The largest absolute Gasteiger partial charge is 0.348 e. The first-order valence-corrected chi connectivity index (χ1v) is 9.63. The lowest BCUT2D eigenvalue weighted by molar-refractivity contribution is -0.127. The fourth-order valence-corrected chi connectivity index (χ4v) is 4.48. The molecular weight excluding hydrogens is 332 g/mol.